The molecule has 1 saturated heterocycles. The van der Waals surface area contributed by atoms with Crippen molar-refractivity contribution in [1.82, 2.24) is 4.90 Å². The third-order valence-electron chi connectivity index (χ3n) is 5.49. The highest BCUT2D eigenvalue weighted by Gasteiger charge is 2.43. The summed E-state index contributed by atoms with van der Waals surface area (Å²) in [7, 11) is 0. The average molecular weight is 281 g/mol. The lowest BCUT2D eigenvalue weighted by atomic mass is 9.75. The Morgan fingerprint density at radius 2 is 1.95 bits per heavy atom. The number of hydrogen-bond donors (Lipinski definition) is 1. The molecule has 116 valence electrons. The van der Waals surface area contributed by atoms with Gasteiger partial charge in [0.15, 0.2) is 0 Å². The smallest absolute Gasteiger partial charge is 0.320 e. The molecule has 1 N–H and O–H groups in total. The van der Waals surface area contributed by atoms with E-state index < -0.39 is 5.97 Å². The van der Waals surface area contributed by atoms with Crippen molar-refractivity contribution in [3.63, 3.8) is 0 Å². The van der Waals surface area contributed by atoms with Crippen LogP contribution in [0.1, 0.15) is 78.1 Å². The summed E-state index contributed by atoms with van der Waals surface area (Å²) in [5.74, 6) is 0.166. The molecule has 1 aliphatic carbocycles. The van der Waals surface area contributed by atoms with Crippen LogP contribution in [-0.4, -0.2) is 34.1 Å². The Morgan fingerprint density at radius 1 is 1.20 bits per heavy atom. The summed E-state index contributed by atoms with van der Waals surface area (Å²) in [5, 5.41) is 9.63. The number of unbranched alkanes of at least 4 members (excludes halogenated alkanes) is 1. The molecule has 2 aliphatic rings. The normalized spacial score (nSPS) is 32.6. The molecule has 0 radical (unpaired) electrons. The summed E-state index contributed by atoms with van der Waals surface area (Å²) in [6, 6.07) is 0.790. The van der Waals surface area contributed by atoms with Gasteiger partial charge in [-0.3, -0.25) is 9.69 Å². The molecule has 3 heteroatoms. The van der Waals surface area contributed by atoms with Crippen molar-refractivity contribution in [1.29, 1.82) is 0 Å². The van der Waals surface area contributed by atoms with Crippen LogP contribution in [0.4, 0.5) is 0 Å². The van der Waals surface area contributed by atoms with Crippen LogP contribution < -0.4 is 0 Å². The van der Waals surface area contributed by atoms with Crippen molar-refractivity contribution in [2.45, 2.75) is 96.2 Å². The maximum absolute atomic E-state index is 11.7. The largest absolute Gasteiger partial charge is 0.480 e. The van der Waals surface area contributed by atoms with Crippen molar-refractivity contribution in [2.75, 3.05) is 0 Å². The van der Waals surface area contributed by atoms with Crippen LogP contribution in [0.5, 0.6) is 0 Å². The molecule has 0 aromatic carbocycles. The number of carbonyl (C=O) groups is 1. The van der Waals surface area contributed by atoms with Crippen LogP contribution in [0, 0.1) is 5.92 Å². The minimum atomic E-state index is -0.594. The standard InChI is InChI=1S/C17H31NO2/c1-3-5-9-14(4-2)18-15-10-7-6-8-13(15)11-12-16(18)17(19)20/h13-16H,3-12H2,1-2H3,(H,19,20). The number of carboxylic acids is 1. The van der Waals surface area contributed by atoms with Crippen molar-refractivity contribution < 1.29 is 9.90 Å². The lowest BCUT2D eigenvalue weighted by Gasteiger charge is -2.50. The second kappa shape index (κ2) is 7.44. The molecule has 1 aliphatic heterocycles. The van der Waals surface area contributed by atoms with E-state index >= 15 is 0 Å². The van der Waals surface area contributed by atoms with Crippen molar-refractivity contribution in [3.05, 3.63) is 0 Å². The first-order valence-electron chi connectivity index (χ1n) is 8.69. The summed E-state index contributed by atoms with van der Waals surface area (Å²) in [6.45, 7) is 4.45. The molecule has 1 saturated carbocycles. The fraction of sp³-hybridized carbons (Fsp3) is 0.941. The number of nitrogens with zero attached hydrogens (tertiary/aromatic N) is 1. The lowest BCUT2D eigenvalue weighted by molar-refractivity contribution is -0.150. The number of piperidine rings is 1. The van der Waals surface area contributed by atoms with Gasteiger partial charge in [0.2, 0.25) is 0 Å². The molecule has 2 rings (SSSR count). The van der Waals surface area contributed by atoms with Crippen LogP contribution in [0.3, 0.4) is 0 Å². The number of fused-ring (bicyclic) bond motifs is 1. The lowest BCUT2D eigenvalue weighted by Crippen LogP contribution is -2.58. The van der Waals surface area contributed by atoms with E-state index in [4.69, 9.17) is 0 Å². The summed E-state index contributed by atoms with van der Waals surface area (Å²) in [4.78, 5) is 14.1. The molecule has 1 heterocycles. The highest BCUT2D eigenvalue weighted by Crippen LogP contribution is 2.40. The maximum atomic E-state index is 11.7. The van der Waals surface area contributed by atoms with E-state index in [1.54, 1.807) is 0 Å². The molecule has 0 amide bonds. The van der Waals surface area contributed by atoms with Gasteiger partial charge in [-0.05, 0) is 44.4 Å². The van der Waals surface area contributed by atoms with E-state index in [-0.39, 0.29) is 6.04 Å². The molecule has 4 unspecified atom stereocenters. The summed E-state index contributed by atoms with van der Waals surface area (Å²) in [6.07, 6.45) is 11.8. The van der Waals surface area contributed by atoms with Gasteiger partial charge in [-0.15, -0.1) is 0 Å². The van der Waals surface area contributed by atoms with Crippen LogP contribution in [-0.2, 0) is 4.79 Å². The Balaban J connectivity index is 2.16. The van der Waals surface area contributed by atoms with E-state index in [2.05, 4.69) is 18.7 Å². The first-order valence-corrected chi connectivity index (χ1v) is 8.69. The van der Waals surface area contributed by atoms with E-state index in [0.717, 1.165) is 25.2 Å². The zero-order valence-electron chi connectivity index (χ0n) is 13.2. The van der Waals surface area contributed by atoms with E-state index in [1.165, 1.54) is 44.9 Å². The zero-order chi connectivity index (χ0) is 14.5. The van der Waals surface area contributed by atoms with Crippen LogP contribution in [0.15, 0.2) is 0 Å². The van der Waals surface area contributed by atoms with Gasteiger partial charge in [-0.2, -0.15) is 0 Å². The van der Waals surface area contributed by atoms with Gasteiger partial charge in [-0.1, -0.05) is 39.5 Å². The highest BCUT2D eigenvalue weighted by atomic mass is 16.4. The van der Waals surface area contributed by atoms with Crippen LogP contribution >= 0.6 is 0 Å². The van der Waals surface area contributed by atoms with Gasteiger partial charge in [0.1, 0.15) is 6.04 Å². The molecule has 0 aromatic rings. The van der Waals surface area contributed by atoms with Crippen LogP contribution in [0.2, 0.25) is 0 Å². The number of carboxylic acid groups (broad SMARTS) is 1. The fourth-order valence-electron chi connectivity index (χ4n) is 4.45. The van der Waals surface area contributed by atoms with Gasteiger partial charge in [-0.25, -0.2) is 0 Å². The topological polar surface area (TPSA) is 40.5 Å². The molecule has 4 atom stereocenters. The molecule has 0 aromatic heterocycles. The molecule has 2 fully saturated rings. The first-order chi connectivity index (χ1) is 9.69. The van der Waals surface area contributed by atoms with E-state index in [9.17, 15) is 9.90 Å². The molecular formula is C17H31NO2. The molecule has 0 spiro atoms. The third kappa shape index (κ3) is 3.36. The Labute approximate surface area is 123 Å². The molecule has 3 nitrogen and oxygen atoms in total. The quantitative estimate of drug-likeness (QED) is 0.798. The minimum absolute atomic E-state index is 0.226. The number of rotatable bonds is 6. The Morgan fingerprint density at radius 3 is 2.60 bits per heavy atom. The second-order valence-electron chi connectivity index (χ2n) is 6.69. The van der Waals surface area contributed by atoms with Gasteiger partial charge >= 0.3 is 5.97 Å². The summed E-state index contributed by atoms with van der Waals surface area (Å²) < 4.78 is 0. The second-order valence-corrected chi connectivity index (χ2v) is 6.69. The third-order valence-corrected chi connectivity index (χ3v) is 5.49. The van der Waals surface area contributed by atoms with E-state index in [1.807, 2.05) is 0 Å². The summed E-state index contributed by atoms with van der Waals surface area (Å²) in [5.41, 5.74) is 0. The molecule has 0 bridgehead atoms. The average Bonchev–Trinajstić information content (AvgIpc) is 2.47. The van der Waals surface area contributed by atoms with Crippen molar-refractivity contribution >= 4 is 5.97 Å². The highest BCUT2D eigenvalue weighted by molar-refractivity contribution is 5.73. The Bertz CT molecular complexity index is 318. The first kappa shape index (κ1) is 15.8. The number of likely N-dealkylation sites (tertiary alicyclic amines) is 1. The van der Waals surface area contributed by atoms with E-state index in [0.29, 0.717) is 12.1 Å². The minimum Gasteiger partial charge on any atom is -0.480 e. The zero-order valence-corrected chi connectivity index (χ0v) is 13.2. The Hall–Kier alpha value is -0.570. The molecule has 20 heavy (non-hydrogen) atoms. The van der Waals surface area contributed by atoms with Crippen molar-refractivity contribution in [2.24, 2.45) is 5.92 Å². The predicted octanol–water partition coefficient (Wildman–Crippen LogP) is 4.06. The SMILES string of the molecule is CCCCC(CC)N1C(C(=O)O)CCC2CCCCC21. The van der Waals surface area contributed by atoms with Crippen LogP contribution in [0.25, 0.3) is 0 Å². The predicted molar refractivity (Wildman–Crippen MR) is 81.8 cm³/mol. The summed E-state index contributed by atoms with van der Waals surface area (Å²) >= 11 is 0. The Kier molecular flexibility index (Phi) is 5.88. The monoisotopic (exact) mass is 281 g/mol. The van der Waals surface area contributed by atoms with Gasteiger partial charge in [0, 0.05) is 12.1 Å². The maximum Gasteiger partial charge on any atom is 0.320 e. The van der Waals surface area contributed by atoms with Gasteiger partial charge in [0.05, 0.1) is 0 Å². The number of aliphatic carboxylic acids is 1. The fourth-order valence-corrected chi connectivity index (χ4v) is 4.45. The van der Waals surface area contributed by atoms with Crippen molar-refractivity contribution in [3.8, 4) is 0 Å². The van der Waals surface area contributed by atoms with Gasteiger partial charge < -0.3 is 5.11 Å². The molecular weight excluding hydrogens is 250 g/mol. The van der Waals surface area contributed by atoms with Gasteiger partial charge in [0.25, 0.3) is 0 Å². The number of hydrogen-bond acceptors (Lipinski definition) is 2.